The second-order valence-corrected chi connectivity index (χ2v) is 5.23. The number of benzene rings is 1. The summed E-state index contributed by atoms with van der Waals surface area (Å²) >= 11 is 0. The zero-order valence-corrected chi connectivity index (χ0v) is 12.4. The fourth-order valence-electron chi connectivity index (χ4n) is 2.51. The molecule has 0 aliphatic carbocycles. The molecule has 0 radical (unpaired) electrons. The van der Waals surface area contributed by atoms with Gasteiger partial charge in [0.25, 0.3) is 5.91 Å². The summed E-state index contributed by atoms with van der Waals surface area (Å²) in [5.41, 5.74) is 1.69. The van der Waals surface area contributed by atoms with Crippen molar-refractivity contribution in [1.82, 2.24) is 4.90 Å². The number of carbonyl (C=O) groups is 1. The van der Waals surface area contributed by atoms with Gasteiger partial charge in [-0.3, -0.25) is 4.79 Å². The average molecular weight is 276 g/mol. The van der Waals surface area contributed by atoms with Crippen molar-refractivity contribution in [2.45, 2.75) is 32.2 Å². The highest BCUT2D eigenvalue weighted by molar-refractivity contribution is 5.99. The first-order chi connectivity index (χ1) is 9.74. The standard InChI is InChI=1S/C16H24N2O2/c1-3-10-17-15-7-5-4-6-14(15)16(19)18(2)13-8-11-20-12-9-13/h4-7,13,17H,3,8-12H2,1-2H3. The first-order valence-corrected chi connectivity index (χ1v) is 7.42. The fraction of sp³-hybridized carbons (Fsp3) is 0.562. The molecule has 1 fully saturated rings. The maximum Gasteiger partial charge on any atom is 0.255 e. The molecule has 1 amide bonds. The van der Waals surface area contributed by atoms with Crippen LogP contribution in [-0.4, -0.2) is 43.7 Å². The van der Waals surface area contributed by atoms with Crippen LogP contribution in [-0.2, 0) is 4.74 Å². The van der Waals surface area contributed by atoms with Gasteiger partial charge < -0.3 is 15.0 Å². The van der Waals surface area contributed by atoms with E-state index >= 15 is 0 Å². The van der Waals surface area contributed by atoms with Gasteiger partial charge in [0, 0.05) is 38.5 Å². The van der Waals surface area contributed by atoms with E-state index in [2.05, 4.69) is 12.2 Å². The Morgan fingerprint density at radius 3 is 2.75 bits per heavy atom. The fourth-order valence-corrected chi connectivity index (χ4v) is 2.51. The van der Waals surface area contributed by atoms with E-state index in [0.29, 0.717) is 0 Å². The van der Waals surface area contributed by atoms with Gasteiger partial charge in [0.1, 0.15) is 0 Å². The van der Waals surface area contributed by atoms with Crippen molar-refractivity contribution in [2.75, 3.05) is 32.1 Å². The minimum Gasteiger partial charge on any atom is -0.384 e. The molecule has 1 aliphatic heterocycles. The summed E-state index contributed by atoms with van der Waals surface area (Å²) < 4.78 is 5.36. The lowest BCUT2D eigenvalue weighted by molar-refractivity contribution is 0.0362. The van der Waals surface area contributed by atoms with Crippen LogP contribution in [0, 0.1) is 0 Å². The van der Waals surface area contributed by atoms with Crippen LogP contribution in [0.3, 0.4) is 0 Å². The smallest absolute Gasteiger partial charge is 0.255 e. The molecule has 0 spiro atoms. The number of ether oxygens (including phenoxy) is 1. The highest BCUT2D eigenvalue weighted by Crippen LogP contribution is 2.20. The molecule has 1 aromatic carbocycles. The lowest BCUT2D eigenvalue weighted by Crippen LogP contribution is -2.40. The molecule has 1 saturated heterocycles. The molecule has 0 saturated carbocycles. The van der Waals surface area contributed by atoms with Gasteiger partial charge in [-0.2, -0.15) is 0 Å². The number of anilines is 1. The van der Waals surface area contributed by atoms with Crippen LogP contribution in [0.1, 0.15) is 36.5 Å². The number of carbonyl (C=O) groups excluding carboxylic acids is 1. The van der Waals surface area contributed by atoms with Crippen LogP contribution in [0.15, 0.2) is 24.3 Å². The van der Waals surface area contributed by atoms with Crippen LogP contribution >= 0.6 is 0 Å². The maximum absolute atomic E-state index is 12.7. The Balaban J connectivity index is 2.11. The summed E-state index contributed by atoms with van der Waals surface area (Å²) in [6, 6.07) is 8.04. The van der Waals surface area contributed by atoms with E-state index in [1.165, 1.54) is 0 Å². The Kier molecular flexibility index (Phi) is 5.41. The minimum atomic E-state index is 0.0936. The molecular weight excluding hydrogens is 252 g/mol. The van der Waals surface area contributed by atoms with Crippen LogP contribution < -0.4 is 5.32 Å². The zero-order valence-electron chi connectivity index (χ0n) is 12.4. The largest absolute Gasteiger partial charge is 0.384 e. The maximum atomic E-state index is 12.7. The summed E-state index contributed by atoms with van der Waals surface area (Å²) in [6.45, 7) is 4.49. The number of nitrogens with zero attached hydrogens (tertiary/aromatic N) is 1. The molecule has 0 bridgehead atoms. The molecular formula is C16H24N2O2. The molecule has 0 aromatic heterocycles. The molecule has 2 rings (SSSR count). The van der Waals surface area contributed by atoms with Gasteiger partial charge >= 0.3 is 0 Å². The van der Waals surface area contributed by atoms with Crippen molar-refractivity contribution in [3.8, 4) is 0 Å². The van der Waals surface area contributed by atoms with Crippen molar-refractivity contribution in [2.24, 2.45) is 0 Å². The number of hydrogen-bond acceptors (Lipinski definition) is 3. The molecule has 1 aromatic rings. The van der Waals surface area contributed by atoms with Gasteiger partial charge in [-0.1, -0.05) is 19.1 Å². The lowest BCUT2D eigenvalue weighted by Gasteiger charge is -2.31. The van der Waals surface area contributed by atoms with E-state index in [1.807, 2.05) is 36.2 Å². The zero-order chi connectivity index (χ0) is 14.4. The van der Waals surface area contributed by atoms with Crippen LogP contribution in [0.4, 0.5) is 5.69 Å². The Hall–Kier alpha value is -1.55. The SMILES string of the molecule is CCCNc1ccccc1C(=O)N(C)C1CCOCC1. The average Bonchev–Trinajstić information content (AvgIpc) is 2.52. The van der Waals surface area contributed by atoms with Crippen LogP contribution in [0.5, 0.6) is 0 Å². The third-order valence-corrected chi connectivity index (χ3v) is 3.78. The quantitative estimate of drug-likeness (QED) is 0.899. The summed E-state index contributed by atoms with van der Waals surface area (Å²) in [6.07, 6.45) is 2.89. The van der Waals surface area contributed by atoms with Crippen molar-refractivity contribution in [3.63, 3.8) is 0 Å². The van der Waals surface area contributed by atoms with Crippen molar-refractivity contribution in [1.29, 1.82) is 0 Å². The molecule has 1 N–H and O–H groups in total. The number of para-hydroxylation sites is 1. The molecule has 4 heteroatoms. The van der Waals surface area contributed by atoms with Gasteiger partial charge in [-0.25, -0.2) is 0 Å². The van der Waals surface area contributed by atoms with Crippen LogP contribution in [0.2, 0.25) is 0 Å². The van der Waals surface area contributed by atoms with E-state index in [4.69, 9.17) is 4.74 Å². The topological polar surface area (TPSA) is 41.6 Å². The molecule has 1 heterocycles. The Labute approximate surface area is 121 Å². The predicted molar refractivity (Wildman–Crippen MR) is 81.2 cm³/mol. The van der Waals surface area contributed by atoms with Crippen LogP contribution in [0.25, 0.3) is 0 Å². The van der Waals surface area contributed by atoms with Gasteiger partial charge in [-0.15, -0.1) is 0 Å². The molecule has 110 valence electrons. The highest BCUT2D eigenvalue weighted by atomic mass is 16.5. The molecule has 1 aliphatic rings. The van der Waals surface area contributed by atoms with Gasteiger partial charge in [0.15, 0.2) is 0 Å². The summed E-state index contributed by atoms with van der Waals surface area (Å²) in [4.78, 5) is 14.5. The van der Waals surface area contributed by atoms with E-state index in [1.54, 1.807) is 0 Å². The van der Waals surface area contributed by atoms with Crippen molar-refractivity contribution < 1.29 is 9.53 Å². The third-order valence-electron chi connectivity index (χ3n) is 3.78. The Bertz CT molecular complexity index is 442. The number of nitrogens with one attached hydrogen (secondary N) is 1. The number of amides is 1. The lowest BCUT2D eigenvalue weighted by atomic mass is 10.1. The molecule has 4 nitrogen and oxygen atoms in total. The number of hydrogen-bond donors (Lipinski definition) is 1. The van der Waals surface area contributed by atoms with E-state index < -0.39 is 0 Å². The Morgan fingerprint density at radius 1 is 1.35 bits per heavy atom. The molecule has 20 heavy (non-hydrogen) atoms. The van der Waals surface area contributed by atoms with E-state index in [0.717, 1.165) is 50.3 Å². The highest BCUT2D eigenvalue weighted by Gasteiger charge is 2.24. The summed E-state index contributed by atoms with van der Waals surface area (Å²) in [5, 5.41) is 3.33. The second-order valence-electron chi connectivity index (χ2n) is 5.23. The normalized spacial score (nSPS) is 15.9. The monoisotopic (exact) mass is 276 g/mol. The van der Waals surface area contributed by atoms with Crippen molar-refractivity contribution in [3.05, 3.63) is 29.8 Å². The summed E-state index contributed by atoms with van der Waals surface area (Å²) in [7, 11) is 1.90. The Morgan fingerprint density at radius 2 is 2.05 bits per heavy atom. The first kappa shape index (κ1) is 14.9. The van der Waals surface area contributed by atoms with Gasteiger partial charge in [0.2, 0.25) is 0 Å². The molecule has 0 atom stereocenters. The first-order valence-electron chi connectivity index (χ1n) is 7.42. The number of rotatable bonds is 5. The third kappa shape index (κ3) is 3.51. The molecule has 0 unspecified atom stereocenters. The summed E-state index contributed by atoms with van der Waals surface area (Å²) in [5.74, 6) is 0.0936. The van der Waals surface area contributed by atoms with Crippen molar-refractivity contribution >= 4 is 11.6 Å². The second kappa shape index (κ2) is 7.29. The minimum absolute atomic E-state index is 0.0936. The van der Waals surface area contributed by atoms with E-state index in [9.17, 15) is 4.79 Å². The van der Waals surface area contributed by atoms with Gasteiger partial charge in [-0.05, 0) is 31.4 Å². The van der Waals surface area contributed by atoms with Gasteiger partial charge in [0.05, 0.1) is 5.56 Å². The predicted octanol–water partition coefficient (Wildman–Crippen LogP) is 2.76. The van der Waals surface area contributed by atoms with E-state index in [-0.39, 0.29) is 11.9 Å².